The highest BCUT2D eigenvalue weighted by molar-refractivity contribution is 9.10. The average molecular weight is 339 g/mol. The second-order valence-corrected chi connectivity index (χ2v) is 5.00. The Morgan fingerprint density at radius 3 is 2.37 bits per heavy atom. The minimum atomic E-state index is -4.31. The molecule has 1 aromatic carbocycles. The molecule has 1 N–H and O–H groups in total. The molecule has 2 nitrogen and oxygen atoms in total. The number of alkyl halides is 3. The van der Waals surface area contributed by atoms with Crippen LogP contribution in [0.2, 0.25) is 0 Å². The lowest BCUT2D eigenvalue weighted by molar-refractivity contribution is -0.137. The van der Waals surface area contributed by atoms with E-state index in [1.807, 2.05) is 0 Å². The van der Waals surface area contributed by atoms with E-state index in [0.29, 0.717) is 16.7 Å². The van der Waals surface area contributed by atoms with Crippen LogP contribution in [0.4, 0.5) is 18.9 Å². The number of likely N-dealkylation sites (N-methyl/N-ethyl adjacent to an activating group) is 1. The van der Waals surface area contributed by atoms with Crippen molar-refractivity contribution in [2.45, 2.75) is 20.0 Å². The first-order chi connectivity index (χ1) is 8.88. The summed E-state index contributed by atoms with van der Waals surface area (Å²) in [5, 5.41) is 3.04. The standard InChI is InChI=1S/C13H18BrF3N2/c1-3-19(4-2)8-7-18-12-9-10(13(15,16)17)5-6-11(12)14/h5-6,9,18H,3-4,7-8H2,1-2H3. The van der Waals surface area contributed by atoms with Gasteiger partial charge < -0.3 is 10.2 Å². The molecule has 0 aromatic heterocycles. The van der Waals surface area contributed by atoms with Gasteiger partial charge in [0.2, 0.25) is 0 Å². The molecule has 0 aliphatic rings. The Morgan fingerprint density at radius 1 is 1.21 bits per heavy atom. The van der Waals surface area contributed by atoms with E-state index in [4.69, 9.17) is 0 Å². The fourth-order valence-corrected chi connectivity index (χ4v) is 2.11. The van der Waals surface area contributed by atoms with Crippen molar-refractivity contribution in [3.05, 3.63) is 28.2 Å². The highest BCUT2D eigenvalue weighted by atomic mass is 79.9. The molecule has 0 bridgehead atoms. The van der Waals surface area contributed by atoms with Crippen molar-refractivity contribution >= 4 is 21.6 Å². The van der Waals surface area contributed by atoms with Crippen molar-refractivity contribution in [1.29, 1.82) is 0 Å². The van der Waals surface area contributed by atoms with Gasteiger partial charge in [-0.25, -0.2) is 0 Å². The van der Waals surface area contributed by atoms with Gasteiger partial charge in [-0.1, -0.05) is 13.8 Å². The Hall–Kier alpha value is -0.750. The van der Waals surface area contributed by atoms with Gasteiger partial charge in [-0.15, -0.1) is 0 Å². The van der Waals surface area contributed by atoms with Gasteiger partial charge in [-0.3, -0.25) is 0 Å². The number of nitrogens with zero attached hydrogens (tertiary/aromatic N) is 1. The number of hydrogen-bond donors (Lipinski definition) is 1. The number of hydrogen-bond acceptors (Lipinski definition) is 2. The minimum Gasteiger partial charge on any atom is -0.383 e. The van der Waals surface area contributed by atoms with Crippen LogP contribution in [0.15, 0.2) is 22.7 Å². The van der Waals surface area contributed by atoms with Gasteiger partial charge in [0.1, 0.15) is 0 Å². The Balaban J connectivity index is 2.67. The van der Waals surface area contributed by atoms with Crippen LogP contribution in [0, 0.1) is 0 Å². The Labute approximate surface area is 120 Å². The van der Waals surface area contributed by atoms with Gasteiger partial charge in [0.05, 0.1) is 5.56 Å². The third-order valence-electron chi connectivity index (χ3n) is 2.93. The van der Waals surface area contributed by atoms with Crippen molar-refractivity contribution in [1.82, 2.24) is 4.90 Å². The summed E-state index contributed by atoms with van der Waals surface area (Å²) in [6, 6.07) is 3.62. The first-order valence-electron chi connectivity index (χ1n) is 6.21. The maximum absolute atomic E-state index is 12.6. The lowest BCUT2D eigenvalue weighted by Crippen LogP contribution is -2.28. The molecule has 1 aromatic rings. The lowest BCUT2D eigenvalue weighted by Gasteiger charge is -2.19. The fraction of sp³-hybridized carbons (Fsp3) is 0.538. The maximum atomic E-state index is 12.6. The number of rotatable bonds is 6. The number of halogens is 4. The first kappa shape index (κ1) is 16.3. The van der Waals surface area contributed by atoms with E-state index < -0.39 is 11.7 Å². The van der Waals surface area contributed by atoms with Gasteiger partial charge in [-0.2, -0.15) is 13.2 Å². The third-order valence-corrected chi connectivity index (χ3v) is 3.62. The van der Waals surface area contributed by atoms with Crippen molar-refractivity contribution in [3.8, 4) is 0 Å². The average Bonchev–Trinajstić information content (AvgIpc) is 2.35. The summed E-state index contributed by atoms with van der Waals surface area (Å²) < 4.78 is 38.5. The number of nitrogens with one attached hydrogen (secondary N) is 1. The zero-order chi connectivity index (χ0) is 14.5. The molecule has 0 heterocycles. The summed E-state index contributed by atoms with van der Waals surface area (Å²) >= 11 is 3.26. The Morgan fingerprint density at radius 2 is 1.84 bits per heavy atom. The topological polar surface area (TPSA) is 15.3 Å². The van der Waals surface area contributed by atoms with Crippen molar-refractivity contribution in [3.63, 3.8) is 0 Å². The van der Waals surface area contributed by atoms with Gasteiger partial charge >= 0.3 is 6.18 Å². The predicted molar refractivity (Wildman–Crippen MR) is 75.4 cm³/mol. The molecule has 0 saturated carbocycles. The highest BCUT2D eigenvalue weighted by Gasteiger charge is 2.30. The Kier molecular flexibility index (Phi) is 6.13. The molecule has 0 saturated heterocycles. The molecule has 0 aliphatic carbocycles. The van der Waals surface area contributed by atoms with Gasteiger partial charge in [0.25, 0.3) is 0 Å². The molecule has 0 spiro atoms. The molecule has 0 atom stereocenters. The Bertz CT molecular complexity index is 403. The van der Waals surface area contributed by atoms with Crippen LogP contribution in [0.25, 0.3) is 0 Å². The summed E-state index contributed by atoms with van der Waals surface area (Å²) in [5.74, 6) is 0. The van der Waals surface area contributed by atoms with Crippen LogP contribution >= 0.6 is 15.9 Å². The van der Waals surface area contributed by atoms with E-state index in [9.17, 15) is 13.2 Å². The van der Waals surface area contributed by atoms with E-state index in [1.54, 1.807) is 0 Å². The van der Waals surface area contributed by atoms with E-state index >= 15 is 0 Å². The van der Waals surface area contributed by atoms with Crippen LogP contribution in [-0.4, -0.2) is 31.1 Å². The maximum Gasteiger partial charge on any atom is 0.416 e. The van der Waals surface area contributed by atoms with Crippen LogP contribution in [0.3, 0.4) is 0 Å². The van der Waals surface area contributed by atoms with E-state index in [2.05, 4.69) is 40.0 Å². The molecular weight excluding hydrogens is 321 g/mol. The summed E-state index contributed by atoms with van der Waals surface area (Å²) in [5.41, 5.74) is -0.164. The zero-order valence-electron chi connectivity index (χ0n) is 11.0. The quantitative estimate of drug-likeness (QED) is 0.835. The van der Waals surface area contributed by atoms with Crippen LogP contribution in [0.5, 0.6) is 0 Å². The number of anilines is 1. The summed E-state index contributed by atoms with van der Waals surface area (Å²) in [6.07, 6.45) is -4.31. The number of benzene rings is 1. The van der Waals surface area contributed by atoms with Crippen LogP contribution in [-0.2, 0) is 6.18 Å². The molecule has 1 rings (SSSR count). The monoisotopic (exact) mass is 338 g/mol. The zero-order valence-corrected chi connectivity index (χ0v) is 12.6. The fourth-order valence-electron chi connectivity index (χ4n) is 1.73. The summed E-state index contributed by atoms with van der Waals surface area (Å²) in [7, 11) is 0. The highest BCUT2D eigenvalue weighted by Crippen LogP contribution is 2.33. The van der Waals surface area contributed by atoms with E-state index in [0.717, 1.165) is 31.8 Å². The molecule has 0 fully saturated rings. The van der Waals surface area contributed by atoms with Crippen molar-refractivity contribution in [2.24, 2.45) is 0 Å². The van der Waals surface area contributed by atoms with Crippen LogP contribution in [0.1, 0.15) is 19.4 Å². The second kappa shape index (κ2) is 7.14. The molecule has 6 heteroatoms. The second-order valence-electron chi connectivity index (χ2n) is 4.15. The van der Waals surface area contributed by atoms with E-state index in [-0.39, 0.29) is 0 Å². The lowest BCUT2D eigenvalue weighted by atomic mass is 10.2. The molecule has 0 amide bonds. The van der Waals surface area contributed by atoms with Crippen molar-refractivity contribution < 1.29 is 13.2 Å². The molecule has 0 radical (unpaired) electrons. The van der Waals surface area contributed by atoms with Crippen LogP contribution < -0.4 is 5.32 Å². The van der Waals surface area contributed by atoms with E-state index in [1.165, 1.54) is 6.07 Å². The SMILES string of the molecule is CCN(CC)CCNc1cc(C(F)(F)F)ccc1Br. The van der Waals surface area contributed by atoms with Gasteiger partial charge in [0, 0.05) is 23.2 Å². The normalized spacial score (nSPS) is 11.9. The predicted octanol–water partition coefficient (Wildman–Crippen LogP) is 4.22. The van der Waals surface area contributed by atoms with Crippen molar-refractivity contribution in [2.75, 3.05) is 31.5 Å². The molecule has 108 valence electrons. The summed E-state index contributed by atoms with van der Waals surface area (Å²) in [6.45, 7) is 7.40. The smallest absolute Gasteiger partial charge is 0.383 e. The molecule has 0 unspecified atom stereocenters. The first-order valence-corrected chi connectivity index (χ1v) is 7.00. The van der Waals surface area contributed by atoms with Gasteiger partial charge in [-0.05, 0) is 47.2 Å². The molecular formula is C13H18BrF3N2. The van der Waals surface area contributed by atoms with Gasteiger partial charge in [0.15, 0.2) is 0 Å². The molecule has 19 heavy (non-hydrogen) atoms. The minimum absolute atomic E-state index is 0.474. The largest absolute Gasteiger partial charge is 0.416 e. The third kappa shape index (κ3) is 5.03. The molecule has 0 aliphatic heterocycles. The summed E-state index contributed by atoms with van der Waals surface area (Å²) in [4.78, 5) is 2.20.